The van der Waals surface area contributed by atoms with Crippen molar-refractivity contribution in [2.45, 2.75) is 27.7 Å². The Kier molecular flexibility index (Phi) is 2.68. The summed E-state index contributed by atoms with van der Waals surface area (Å²) in [4.78, 5) is 4.41. The largest absolute Gasteiger partial charge is 0.233 e. The maximum absolute atomic E-state index is 9.11. The number of hydrogen-bond acceptors (Lipinski definition) is 3. The molecule has 86 valence electrons. The van der Waals surface area contributed by atoms with Gasteiger partial charge in [0.05, 0.1) is 11.3 Å². The van der Waals surface area contributed by atoms with Gasteiger partial charge in [-0.05, 0) is 45.4 Å². The Morgan fingerprint density at radius 1 is 1.18 bits per heavy atom. The summed E-state index contributed by atoms with van der Waals surface area (Å²) in [6.45, 7) is 7.88. The number of nitriles is 1. The van der Waals surface area contributed by atoms with Crippen LogP contribution in [0.15, 0.2) is 12.1 Å². The molecule has 17 heavy (non-hydrogen) atoms. The first-order valence-electron chi connectivity index (χ1n) is 5.45. The predicted octanol–water partition coefficient (Wildman–Crippen LogP) is 2.37. The standard InChI is InChI=1S/C13H14N4/c1-8-5-6-12(7-14)13(15-8)17-11(4)9(2)10(3)16-17/h5-6H,1-4H3. The number of hydrogen-bond donors (Lipinski definition) is 0. The summed E-state index contributed by atoms with van der Waals surface area (Å²) < 4.78 is 1.75. The zero-order valence-electron chi connectivity index (χ0n) is 10.4. The van der Waals surface area contributed by atoms with Gasteiger partial charge in [0.15, 0.2) is 5.82 Å². The summed E-state index contributed by atoms with van der Waals surface area (Å²) in [7, 11) is 0. The highest BCUT2D eigenvalue weighted by Gasteiger charge is 2.13. The minimum atomic E-state index is 0.543. The van der Waals surface area contributed by atoms with E-state index >= 15 is 0 Å². The third kappa shape index (κ3) is 1.80. The van der Waals surface area contributed by atoms with Crippen molar-refractivity contribution in [3.05, 3.63) is 40.3 Å². The molecule has 2 rings (SSSR count). The third-order valence-corrected chi connectivity index (χ3v) is 2.99. The summed E-state index contributed by atoms with van der Waals surface area (Å²) in [6.07, 6.45) is 0. The fourth-order valence-corrected chi connectivity index (χ4v) is 1.72. The first-order valence-corrected chi connectivity index (χ1v) is 5.45. The fourth-order valence-electron chi connectivity index (χ4n) is 1.72. The van der Waals surface area contributed by atoms with Gasteiger partial charge >= 0.3 is 0 Å². The van der Waals surface area contributed by atoms with Crippen LogP contribution in [0.1, 0.15) is 28.2 Å². The molecule has 4 heteroatoms. The molecular formula is C13H14N4. The zero-order valence-corrected chi connectivity index (χ0v) is 10.4. The second-order valence-electron chi connectivity index (χ2n) is 4.14. The molecule has 0 saturated heterocycles. The number of nitrogens with zero attached hydrogens (tertiary/aromatic N) is 4. The molecule has 2 aromatic heterocycles. The Morgan fingerprint density at radius 2 is 1.88 bits per heavy atom. The van der Waals surface area contributed by atoms with E-state index in [0.29, 0.717) is 11.4 Å². The van der Waals surface area contributed by atoms with Crippen molar-refractivity contribution in [2.75, 3.05) is 0 Å². The molecule has 0 aliphatic heterocycles. The van der Waals surface area contributed by atoms with E-state index in [9.17, 15) is 0 Å². The second-order valence-corrected chi connectivity index (χ2v) is 4.14. The van der Waals surface area contributed by atoms with E-state index in [0.717, 1.165) is 22.6 Å². The molecule has 0 spiro atoms. The maximum atomic E-state index is 9.11. The van der Waals surface area contributed by atoms with Gasteiger partial charge in [-0.2, -0.15) is 10.4 Å². The minimum Gasteiger partial charge on any atom is -0.233 e. The molecule has 0 radical (unpaired) electrons. The van der Waals surface area contributed by atoms with Gasteiger partial charge in [0.2, 0.25) is 0 Å². The van der Waals surface area contributed by atoms with Crippen molar-refractivity contribution in [1.82, 2.24) is 14.8 Å². The van der Waals surface area contributed by atoms with E-state index in [1.807, 2.05) is 33.8 Å². The molecule has 2 aromatic rings. The molecule has 0 unspecified atom stereocenters. The van der Waals surface area contributed by atoms with E-state index in [-0.39, 0.29) is 0 Å². The van der Waals surface area contributed by atoms with Gasteiger partial charge in [0.25, 0.3) is 0 Å². The van der Waals surface area contributed by atoms with Crippen molar-refractivity contribution in [3.63, 3.8) is 0 Å². The lowest BCUT2D eigenvalue weighted by molar-refractivity contribution is 0.798. The highest BCUT2D eigenvalue weighted by atomic mass is 15.3. The van der Waals surface area contributed by atoms with Gasteiger partial charge in [-0.25, -0.2) is 9.67 Å². The highest BCUT2D eigenvalue weighted by Crippen LogP contribution is 2.18. The van der Waals surface area contributed by atoms with Crippen molar-refractivity contribution in [2.24, 2.45) is 0 Å². The molecule has 4 nitrogen and oxygen atoms in total. The van der Waals surface area contributed by atoms with E-state index < -0.39 is 0 Å². The topological polar surface area (TPSA) is 54.5 Å². The van der Waals surface area contributed by atoms with E-state index in [1.165, 1.54) is 0 Å². The summed E-state index contributed by atoms with van der Waals surface area (Å²) in [5, 5.41) is 13.5. The molecule has 0 N–H and O–H groups in total. The number of aromatic nitrogens is 3. The average Bonchev–Trinajstić information content (AvgIpc) is 2.57. The molecule has 0 atom stereocenters. The van der Waals surface area contributed by atoms with Gasteiger partial charge in [0.1, 0.15) is 6.07 Å². The molecule has 0 bridgehead atoms. The van der Waals surface area contributed by atoms with Gasteiger partial charge in [-0.3, -0.25) is 0 Å². The lowest BCUT2D eigenvalue weighted by atomic mass is 10.2. The van der Waals surface area contributed by atoms with Crippen molar-refractivity contribution in [1.29, 1.82) is 5.26 Å². The number of aryl methyl sites for hydroxylation is 2. The van der Waals surface area contributed by atoms with Crippen molar-refractivity contribution < 1.29 is 0 Å². The molecule has 0 aromatic carbocycles. The maximum Gasteiger partial charge on any atom is 0.171 e. The van der Waals surface area contributed by atoms with Crippen LogP contribution in [0.3, 0.4) is 0 Å². The van der Waals surface area contributed by atoms with Crippen LogP contribution in [-0.4, -0.2) is 14.8 Å². The Bertz CT molecular complexity index is 617. The van der Waals surface area contributed by atoms with Crippen molar-refractivity contribution in [3.8, 4) is 11.9 Å². The highest BCUT2D eigenvalue weighted by molar-refractivity contribution is 5.45. The summed E-state index contributed by atoms with van der Waals surface area (Å²) in [5.41, 5.74) is 4.55. The predicted molar refractivity (Wildman–Crippen MR) is 65.0 cm³/mol. The normalized spacial score (nSPS) is 10.3. The SMILES string of the molecule is Cc1ccc(C#N)c(-n2nc(C)c(C)c2C)n1. The fraction of sp³-hybridized carbons (Fsp3) is 0.308. The summed E-state index contributed by atoms with van der Waals surface area (Å²) in [5.74, 6) is 0.612. The molecule has 0 amide bonds. The van der Waals surface area contributed by atoms with Crippen LogP contribution in [0.25, 0.3) is 5.82 Å². The number of rotatable bonds is 1. The Balaban J connectivity index is 2.72. The minimum absolute atomic E-state index is 0.543. The van der Waals surface area contributed by atoms with Gasteiger partial charge in [-0.15, -0.1) is 0 Å². The zero-order chi connectivity index (χ0) is 12.6. The first kappa shape index (κ1) is 11.3. The van der Waals surface area contributed by atoms with Gasteiger partial charge < -0.3 is 0 Å². The van der Waals surface area contributed by atoms with Gasteiger partial charge in [0, 0.05) is 11.4 Å². The third-order valence-electron chi connectivity index (χ3n) is 2.99. The summed E-state index contributed by atoms with van der Waals surface area (Å²) >= 11 is 0. The van der Waals surface area contributed by atoms with E-state index in [2.05, 4.69) is 16.2 Å². The lowest BCUT2D eigenvalue weighted by Gasteiger charge is -2.06. The van der Waals surface area contributed by atoms with Crippen LogP contribution in [0, 0.1) is 39.0 Å². The van der Waals surface area contributed by atoms with Crippen LogP contribution in [0.4, 0.5) is 0 Å². The van der Waals surface area contributed by atoms with E-state index in [1.54, 1.807) is 10.7 Å². The first-order chi connectivity index (χ1) is 8.04. The molecule has 0 aliphatic carbocycles. The monoisotopic (exact) mass is 226 g/mol. The molecular weight excluding hydrogens is 212 g/mol. The molecule has 0 fully saturated rings. The summed E-state index contributed by atoms with van der Waals surface area (Å²) in [6, 6.07) is 5.77. The van der Waals surface area contributed by atoms with Crippen LogP contribution in [0.2, 0.25) is 0 Å². The van der Waals surface area contributed by atoms with Crippen LogP contribution >= 0.6 is 0 Å². The van der Waals surface area contributed by atoms with Crippen LogP contribution in [-0.2, 0) is 0 Å². The Morgan fingerprint density at radius 3 is 2.41 bits per heavy atom. The molecule has 2 heterocycles. The quantitative estimate of drug-likeness (QED) is 0.750. The Labute approximate surface area is 101 Å². The molecule has 0 aliphatic rings. The van der Waals surface area contributed by atoms with Crippen LogP contribution < -0.4 is 0 Å². The van der Waals surface area contributed by atoms with Gasteiger partial charge in [-0.1, -0.05) is 0 Å². The van der Waals surface area contributed by atoms with Crippen LogP contribution in [0.5, 0.6) is 0 Å². The smallest absolute Gasteiger partial charge is 0.171 e. The second kappa shape index (κ2) is 4.02. The Hall–Kier alpha value is -2.15. The average molecular weight is 226 g/mol. The van der Waals surface area contributed by atoms with E-state index in [4.69, 9.17) is 5.26 Å². The number of pyridine rings is 1. The lowest BCUT2D eigenvalue weighted by Crippen LogP contribution is -2.05. The molecule has 0 saturated carbocycles. The van der Waals surface area contributed by atoms with Crippen molar-refractivity contribution >= 4 is 0 Å².